The van der Waals surface area contributed by atoms with E-state index in [2.05, 4.69) is 16.4 Å². The predicted molar refractivity (Wildman–Crippen MR) is 92.9 cm³/mol. The third-order valence-electron chi connectivity index (χ3n) is 4.57. The van der Waals surface area contributed by atoms with Crippen molar-refractivity contribution in [2.75, 3.05) is 18.5 Å². The quantitative estimate of drug-likeness (QED) is 0.764. The maximum atomic E-state index is 12.8. The van der Waals surface area contributed by atoms with Gasteiger partial charge < -0.3 is 15.2 Å². The molecule has 4 heteroatoms. The highest BCUT2D eigenvalue weighted by molar-refractivity contribution is 6.06. The first-order valence-electron chi connectivity index (χ1n) is 7.90. The van der Waals surface area contributed by atoms with Crippen molar-refractivity contribution in [3.05, 3.63) is 65.4 Å². The average Bonchev–Trinajstić information content (AvgIpc) is 3.07. The highest BCUT2D eigenvalue weighted by Gasteiger charge is 2.17. The van der Waals surface area contributed by atoms with Crippen LogP contribution in [0.5, 0.6) is 0 Å². The van der Waals surface area contributed by atoms with Crippen molar-refractivity contribution in [2.45, 2.75) is 13.0 Å². The maximum absolute atomic E-state index is 12.8. The molecule has 1 amide bonds. The van der Waals surface area contributed by atoms with Gasteiger partial charge in [-0.05, 0) is 59.8 Å². The number of benzene rings is 2. The number of nitrogens with one attached hydrogen (secondary N) is 2. The zero-order valence-electron chi connectivity index (χ0n) is 13.1. The van der Waals surface area contributed by atoms with Crippen LogP contribution in [0.3, 0.4) is 0 Å². The van der Waals surface area contributed by atoms with E-state index >= 15 is 0 Å². The first-order chi connectivity index (χ1) is 11.2. The van der Waals surface area contributed by atoms with Gasteiger partial charge in [0.25, 0.3) is 5.91 Å². The summed E-state index contributed by atoms with van der Waals surface area (Å²) in [7, 11) is 1.83. The summed E-state index contributed by atoms with van der Waals surface area (Å²) < 4.78 is 0. The molecule has 1 aromatic heterocycles. The lowest BCUT2D eigenvalue weighted by atomic mass is 9.98. The van der Waals surface area contributed by atoms with Crippen LogP contribution in [0.25, 0.3) is 10.9 Å². The Bertz CT molecular complexity index is 881. The van der Waals surface area contributed by atoms with E-state index in [1.54, 1.807) is 4.90 Å². The van der Waals surface area contributed by atoms with Gasteiger partial charge in [-0.15, -0.1) is 0 Å². The van der Waals surface area contributed by atoms with E-state index in [9.17, 15) is 4.79 Å². The van der Waals surface area contributed by atoms with Gasteiger partial charge in [-0.25, -0.2) is 0 Å². The molecule has 0 fully saturated rings. The molecule has 0 saturated heterocycles. The Labute approximate surface area is 135 Å². The fourth-order valence-electron chi connectivity index (χ4n) is 3.17. The van der Waals surface area contributed by atoms with E-state index in [1.807, 2.05) is 49.6 Å². The van der Waals surface area contributed by atoms with Crippen LogP contribution >= 0.6 is 0 Å². The van der Waals surface area contributed by atoms with Crippen LogP contribution in [0.15, 0.2) is 48.7 Å². The molecule has 0 atom stereocenters. The molecule has 3 aromatic rings. The fourth-order valence-corrected chi connectivity index (χ4v) is 3.17. The number of H-pyrrole nitrogens is 1. The number of hydrogen-bond donors (Lipinski definition) is 2. The van der Waals surface area contributed by atoms with Crippen LogP contribution in [0.4, 0.5) is 5.69 Å². The van der Waals surface area contributed by atoms with Crippen LogP contribution in [0.1, 0.15) is 21.5 Å². The fraction of sp³-hybridized carbons (Fsp3) is 0.211. The molecule has 0 unspecified atom stereocenters. The third kappa shape index (κ3) is 2.51. The summed E-state index contributed by atoms with van der Waals surface area (Å²) in [5.41, 5.74) is 5.26. The summed E-state index contributed by atoms with van der Waals surface area (Å²) >= 11 is 0. The highest BCUT2D eigenvalue weighted by atomic mass is 16.2. The topological polar surface area (TPSA) is 48.1 Å². The van der Waals surface area contributed by atoms with Gasteiger partial charge in [0.15, 0.2) is 0 Å². The van der Waals surface area contributed by atoms with Crippen LogP contribution in [-0.2, 0) is 13.0 Å². The number of anilines is 1. The van der Waals surface area contributed by atoms with E-state index in [0.29, 0.717) is 0 Å². The molecule has 0 spiro atoms. The van der Waals surface area contributed by atoms with E-state index in [-0.39, 0.29) is 5.91 Å². The second kappa shape index (κ2) is 5.56. The molecule has 4 rings (SSSR count). The van der Waals surface area contributed by atoms with Gasteiger partial charge in [0.2, 0.25) is 0 Å². The molecule has 2 aromatic carbocycles. The van der Waals surface area contributed by atoms with Crippen LogP contribution in [0, 0.1) is 0 Å². The largest absolute Gasteiger partial charge is 0.361 e. The number of rotatable bonds is 2. The molecule has 2 N–H and O–H groups in total. The van der Waals surface area contributed by atoms with Crippen molar-refractivity contribution in [1.82, 2.24) is 10.3 Å². The number of aromatic amines is 1. The third-order valence-corrected chi connectivity index (χ3v) is 4.57. The molecular weight excluding hydrogens is 286 g/mol. The lowest BCUT2D eigenvalue weighted by molar-refractivity contribution is 0.0993. The Kier molecular flexibility index (Phi) is 3.39. The number of aromatic nitrogens is 1. The summed E-state index contributed by atoms with van der Waals surface area (Å²) in [6, 6.07) is 14.1. The smallest absolute Gasteiger partial charge is 0.258 e. The lowest BCUT2D eigenvalue weighted by Crippen LogP contribution is -2.28. The summed E-state index contributed by atoms with van der Waals surface area (Å²) in [5.74, 6) is 0.0252. The summed E-state index contributed by atoms with van der Waals surface area (Å²) in [5, 5.41) is 4.50. The molecule has 0 aliphatic carbocycles. The Morgan fingerprint density at radius 1 is 1.09 bits per heavy atom. The van der Waals surface area contributed by atoms with E-state index in [0.717, 1.165) is 41.7 Å². The van der Waals surface area contributed by atoms with Gasteiger partial charge in [0.05, 0.1) is 0 Å². The Hall–Kier alpha value is -2.59. The molecule has 0 saturated carbocycles. The average molecular weight is 305 g/mol. The molecule has 0 radical (unpaired) electrons. The number of fused-ring (bicyclic) bond motifs is 2. The van der Waals surface area contributed by atoms with Gasteiger partial charge in [-0.1, -0.05) is 12.1 Å². The minimum atomic E-state index is 0.0252. The predicted octanol–water partition coefficient (Wildman–Crippen LogP) is 3.09. The van der Waals surface area contributed by atoms with E-state index < -0.39 is 0 Å². The molecule has 1 aliphatic heterocycles. The number of nitrogens with zero attached hydrogens (tertiary/aromatic N) is 1. The Morgan fingerprint density at radius 2 is 2.00 bits per heavy atom. The van der Waals surface area contributed by atoms with Gasteiger partial charge in [-0.3, -0.25) is 4.79 Å². The number of carbonyl (C=O) groups excluding carboxylic acids is 1. The van der Waals surface area contributed by atoms with Gasteiger partial charge in [-0.2, -0.15) is 0 Å². The molecule has 4 nitrogen and oxygen atoms in total. The summed E-state index contributed by atoms with van der Waals surface area (Å²) in [4.78, 5) is 17.7. The molecular formula is C19H19N3O. The standard InChI is InChI=1S/C19H19N3O/c1-22(17-5-4-13-7-9-21-18(13)11-17)19(23)15-2-3-16-12-20-8-6-14(16)10-15/h2-5,7,9-11,20-21H,6,8,12H2,1H3. The summed E-state index contributed by atoms with van der Waals surface area (Å²) in [6.07, 6.45) is 2.89. The molecule has 23 heavy (non-hydrogen) atoms. The van der Waals surface area contributed by atoms with Crippen LogP contribution in [-0.4, -0.2) is 24.5 Å². The van der Waals surface area contributed by atoms with Crippen LogP contribution < -0.4 is 10.2 Å². The van der Waals surface area contributed by atoms with Gasteiger partial charge in [0.1, 0.15) is 0 Å². The van der Waals surface area contributed by atoms with E-state index in [1.165, 1.54) is 11.1 Å². The Morgan fingerprint density at radius 3 is 2.91 bits per heavy atom. The summed E-state index contributed by atoms with van der Waals surface area (Å²) in [6.45, 7) is 1.87. The van der Waals surface area contributed by atoms with Gasteiger partial charge in [0, 0.05) is 36.6 Å². The zero-order chi connectivity index (χ0) is 15.8. The molecule has 2 heterocycles. The van der Waals surface area contributed by atoms with Gasteiger partial charge >= 0.3 is 0 Å². The van der Waals surface area contributed by atoms with Crippen molar-refractivity contribution in [2.24, 2.45) is 0 Å². The molecule has 116 valence electrons. The highest BCUT2D eigenvalue weighted by Crippen LogP contribution is 2.23. The first-order valence-corrected chi connectivity index (χ1v) is 7.90. The first kappa shape index (κ1) is 14.0. The number of amides is 1. The van der Waals surface area contributed by atoms with Crippen molar-refractivity contribution >= 4 is 22.5 Å². The maximum Gasteiger partial charge on any atom is 0.258 e. The minimum Gasteiger partial charge on any atom is -0.361 e. The second-order valence-electron chi connectivity index (χ2n) is 6.02. The number of carbonyl (C=O) groups is 1. The van der Waals surface area contributed by atoms with E-state index in [4.69, 9.17) is 0 Å². The second-order valence-corrected chi connectivity index (χ2v) is 6.02. The van der Waals surface area contributed by atoms with Crippen molar-refractivity contribution in [3.8, 4) is 0 Å². The molecule has 1 aliphatic rings. The minimum absolute atomic E-state index is 0.0252. The monoisotopic (exact) mass is 305 g/mol. The lowest BCUT2D eigenvalue weighted by Gasteiger charge is -2.21. The molecule has 0 bridgehead atoms. The SMILES string of the molecule is CN(C(=O)c1ccc2c(c1)CCNC2)c1ccc2cc[nH]c2c1. The van der Waals surface area contributed by atoms with Crippen molar-refractivity contribution in [3.63, 3.8) is 0 Å². The van der Waals surface area contributed by atoms with Crippen molar-refractivity contribution in [1.29, 1.82) is 0 Å². The Balaban J connectivity index is 1.64. The number of hydrogen-bond acceptors (Lipinski definition) is 2. The zero-order valence-corrected chi connectivity index (χ0v) is 13.1. The normalized spacial score (nSPS) is 13.8. The van der Waals surface area contributed by atoms with Crippen molar-refractivity contribution < 1.29 is 4.79 Å². The van der Waals surface area contributed by atoms with Crippen LogP contribution in [0.2, 0.25) is 0 Å².